The molecular formula is C19H27N5O2. The van der Waals surface area contributed by atoms with E-state index in [-0.39, 0.29) is 18.2 Å². The van der Waals surface area contributed by atoms with Crippen LogP contribution in [0.5, 0.6) is 0 Å². The van der Waals surface area contributed by atoms with Crippen LogP contribution < -0.4 is 10.6 Å². The maximum atomic E-state index is 12.3. The Morgan fingerprint density at radius 3 is 2.50 bits per heavy atom. The van der Waals surface area contributed by atoms with Crippen molar-refractivity contribution in [3.8, 4) is 0 Å². The van der Waals surface area contributed by atoms with Crippen molar-refractivity contribution in [1.82, 2.24) is 15.1 Å². The summed E-state index contributed by atoms with van der Waals surface area (Å²) in [6.45, 7) is 8.88. The molecule has 0 bridgehead atoms. The van der Waals surface area contributed by atoms with Crippen molar-refractivity contribution in [2.45, 2.75) is 32.7 Å². The largest absolute Gasteiger partial charge is 0.343 e. The second-order valence-electron chi connectivity index (χ2n) is 6.69. The van der Waals surface area contributed by atoms with Gasteiger partial charge in [0.05, 0.1) is 6.42 Å². The predicted octanol–water partition coefficient (Wildman–Crippen LogP) is 1.07. The molecule has 26 heavy (non-hydrogen) atoms. The molecule has 7 heteroatoms. The molecule has 2 aliphatic rings. The van der Waals surface area contributed by atoms with Gasteiger partial charge in [-0.1, -0.05) is 26.0 Å². The summed E-state index contributed by atoms with van der Waals surface area (Å²) in [6.07, 6.45) is 1.04. The maximum absolute atomic E-state index is 12.3. The van der Waals surface area contributed by atoms with E-state index in [0.717, 1.165) is 44.8 Å². The molecule has 1 unspecified atom stereocenters. The molecule has 1 fully saturated rings. The Bertz CT molecular complexity index is 678. The first-order valence-corrected chi connectivity index (χ1v) is 9.34. The van der Waals surface area contributed by atoms with Crippen molar-refractivity contribution in [2.75, 3.05) is 38.0 Å². The van der Waals surface area contributed by atoms with E-state index in [1.165, 1.54) is 5.56 Å². The molecule has 2 amide bonds. The molecular weight excluding hydrogens is 330 g/mol. The molecule has 2 aliphatic heterocycles. The van der Waals surface area contributed by atoms with E-state index < -0.39 is 6.04 Å². The Morgan fingerprint density at radius 2 is 1.88 bits per heavy atom. The van der Waals surface area contributed by atoms with E-state index in [1.807, 2.05) is 24.3 Å². The Morgan fingerprint density at radius 1 is 1.19 bits per heavy atom. The highest BCUT2D eigenvalue weighted by Crippen LogP contribution is 2.13. The second kappa shape index (κ2) is 8.31. The number of aliphatic imine (C=N–C) groups is 1. The van der Waals surface area contributed by atoms with Gasteiger partial charge >= 0.3 is 0 Å². The lowest BCUT2D eigenvalue weighted by atomic mass is 10.1. The summed E-state index contributed by atoms with van der Waals surface area (Å²) < 4.78 is 0. The maximum Gasteiger partial charge on any atom is 0.271 e. The number of carbonyl (C=O) groups is 2. The van der Waals surface area contributed by atoms with Crippen molar-refractivity contribution in [2.24, 2.45) is 4.99 Å². The number of piperazine rings is 1. The number of aryl methyl sites for hydroxylation is 1. The van der Waals surface area contributed by atoms with E-state index in [2.05, 4.69) is 39.3 Å². The topological polar surface area (TPSA) is 77.0 Å². The first kappa shape index (κ1) is 18.4. The Labute approximate surface area is 154 Å². The highest BCUT2D eigenvalue weighted by atomic mass is 16.2. The van der Waals surface area contributed by atoms with Gasteiger partial charge in [-0.05, 0) is 30.7 Å². The van der Waals surface area contributed by atoms with Crippen LogP contribution >= 0.6 is 0 Å². The molecule has 0 aromatic heterocycles. The van der Waals surface area contributed by atoms with Gasteiger partial charge in [-0.25, -0.2) is 0 Å². The summed E-state index contributed by atoms with van der Waals surface area (Å²) in [5.74, 6) is 0.151. The number of guanidine groups is 1. The highest BCUT2D eigenvalue weighted by Gasteiger charge is 2.32. The highest BCUT2D eigenvalue weighted by molar-refractivity contribution is 6.05. The zero-order valence-corrected chi connectivity index (χ0v) is 15.5. The van der Waals surface area contributed by atoms with Crippen LogP contribution in [-0.2, 0) is 16.0 Å². The van der Waals surface area contributed by atoms with Crippen LogP contribution in [0, 0.1) is 0 Å². The molecule has 1 saturated heterocycles. The van der Waals surface area contributed by atoms with Gasteiger partial charge in [0.25, 0.3) is 5.91 Å². The van der Waals surface area contributed by atoms with Gasteiger partial charge in [0, 0.05) is 31.9 Å². The number of hydrogen-bond acceptors (Lipinski definition) is 5. The predicted molar refractivity (Wildman–Crippen MR) is 102 cm³/mol. The minimum atomic E-state index is -0.580. The normalized spacial score (nSPS) is 20.7. The summed E-state index contributed by atoms with van der Waals surface area (Å²) >= 11 is 0. The first-order valence-electron chi connectivity index (χ1n) is 9.34. The van der Waals surface area contributed by atoms with Crippen molar-refractivity contribution >= 4 is 23.5 Å². The molecule has 0 spiro atoms. The van der Waals surface area contributed by atoms with E-state index in [0.29, 0.717) is 5.96 Å². The summed E-state index contributed by atoms with van der Waals surface area (Å²) in [5, 5.41) is 5.97. The molecule has 2 heterocycles. The van der Waals surface area contributed by atoms with E-state index in [1.54, 1.807) is 0 Å². The standard InChI is InChI=1S/C19H27N5O2/c1-3-14-5-7-15(8-6-14)20-17(25)13-16-18(26)22-19(21-16)24-11-9-23(4-2)10-12-24/h5-8,16H,3-4,9-13H2,1-2H3,(H,20,25)(H,21,22,26). The van der Waals surface area contributed by atoms with Crippen LogP contribution in [0.1, 0.15) is 25.8 Å². The molecule has 1 aromatic carbocycles. The lowest BCUT2D eigenvalue weighted by molar-refractivity contribution is -0.123. The van der Waals surface area contributed by atoms with Gasteiger partial charge in [0.1, 0.15) is 6.04 Å². The fourth-order valence-electron chi connectivity index (χ4n) is 3.23. The number of amides is 2. The quantitative estimate of drug-likeness (QED) is 0.824. The van der Waals surface area contributed by atoms with E-state index in [4.69, 9.17) is 0 Å². The molecule has 3 rings (SSSR count). The number of rotatable bonds is 5. The van der Waals surface area contributed by atoms with Gasteiger partial charge < -0.3 is 20.4 Å². The third-order valence-electron chi connectivity index (χ3n) is 4.97. The van der Waals surface area contributed by atoms with Gasteiger partial charge in [0.2, 0.25) is 11.9 Å². The van der Waals surface area contributed by atoms with Gasteiger partial charge in [-0.2, -0.15) is 4.99 Å². The number of nitrogens with zero attached hydrogens (tertiary/aromatic N) is 3. The van der Waals surface area contributed by atoms with Crippen molar-refractivity contribution in [3.63, 3.8) is 0 Å². The minimum Gasteiger partial charge on any atom is -0.343 e. The number of benzene rings is 1. The Hall–Kier alpha value is -2.41. The second-order valence-corrected chi connectivity index (χ2v) is 6.69. The Balaban J connectivity index is 1.50. The number of carbonyl (C=O) groups excluding carboxylic acids is 2. The fourth-order valence-corrected chi connectivity index (χ4v) is 3.23. The van der Waals surface area contributed by atoms with E-state index in [9.17, 15) is 9.59 Å². The number of hydrogen-bond donors (Lipinski definition) is 2. The van der Waals surface area contributed by atoms with Crippen LogP contribution in [0.4, 0.5) is 5.69 Å². The lowest BCUT2D eigenvalue weighted by Crippen LogP contribution is -2.52. The van der Waals surface area contributed by atoms with Crippen molar-refractivity contribution in [1.29, 1.82) is 0 Å². The zero-order chi connectivity index (χ0) is 18.5. The monoisotopic (exact) mass is 357 g/mol. The van der Waals surface area contributed by atoms with Crippen LogP contribution in [0.2, 0.25) is 0 Å². The average Bonchev–Trinajstić information content (AvgIpc) is 3.02. The number of anilines is 1. The van der Waals surface area contributed by atoms with Gasteiger partial charge in [-0.15, -0.1) is 0 Å². The molecule has 140 valence electrons. The fraction of sp³-hybridized carbons (Fsp3) is 0.526. The third-order valence-corrected chi connectivity index (χ3v) is 4.97. The van der Waals surface area contributed by atoms with Gasteiger partial charge in [0.15, 0.2) is 0 Å². The Kier molecular flexibility index (Phi) is 5.88. The minimum absolute atomic E-state index is 0.0797. The van der Waals surface area contributed by atoms with Crippen molar-refractivity contribution < 1.29 is 9.59 Å². The molecule has 2 N–H and O–H groups in total. The van der Waals surface area contributed by atoms with Gasteiger partial charge in [-0.3, -0.25) is 9.59 Å². The molecule has 0 radical (unpaired) electrons. The van der Waals surface area contributed by atoms with Crippen LogP contribution in [-0.4, -0.2) is 66.3 Å². The summed E-state index contributed by atoms with van der Waals surface area (Å²) in [7, 11) is 0. The first-order chi connectivity index (χ1) is 12.6. The summed E-state index contributed by atoms with van der Waals surface area (Å²) in [4.78, 5) is 33.0. The molecule has 0 saturated carbocycles. The van der Waals surface area contributed by atoms with Crippen LogP contribution in [0.3, 0.4) is 0 Å². The molecule has 1 aromatic rings. The lowest BCUT2D eigenvalue weighted by Gasteiger charge is -2.35. The third kappa shape index (κ3) is 4.40. The van der Waals surface area contributed by atoms with E-state index >= 15 is 0 Å². The molecule has 7 nitrogen and oxygen atoms in total. The zero-order valence-electron chi connectivity index (χ0n) is 15.5. The average molecular weight is 357 g/mol. The molecule has 0 aliphatic carbocycles. The number of likely N-dealkylation sites (N-methyl/N-ethyl adjacent to an activating group) is 1. The van der Waals surface area contributed by atoms with Crippen LogP contribution in [0.25, 0.3) is 0 Å². The summed E-state index contributed by atoms with van der Waals surface area (Å²) in [5.41, 5.74) is 1.96. The number of nitrogens with one attached hydrogen (secondary N) is 2. The molecule has 1 atom stereocenters. The van der Waals surface area contributed by atoms with Crippen LogP contribution in [0.15, 0.2) is 29.3 Å². The van der Waals surface area contributed by atoms with Crippen molar-refractivity contribution in [3.05, 3.63) is 29.8 Å². The summed E-state index contributed by atoms with van der Waals surface area (Å²) in [6, 6.07) is 7.17. The smallest absolute Gasteiger partial charge is 0.271 e. The SMILES string of the molecule is CCc1ccc(NC(=O)CC2NC(N3CCN(CC)CC3)=NC2=O)cc1.